The highest BCUT2D eigenvalue weighted by Gasteiger charge is 2.24. The fourth-order valence-electron chi connectivity index (χ4n) is 1.86. The van der Waals surface area contributed by atoms with E-state index < -0.39 is 18.0 Å². The summed E-state index contributed by atoms with van der Waals surface area (Å²) < 4.78 is 5.22. The van der Waals surface area contributed by atoms with E-state index in [0.717, 1.165) is 0 Å². The molecule has 1 aromatic heterocycles. The number of ether oxygens (including phenoxy) is 1. The first-order valence-corrected chi connectivity index (χ1v) is 8.13. The molecule has 0 saturated carbocycles. The molecule has 0 saturated heterocycles. The van der Waals surface area contributed by atoms with Crippen LogP contribution in [0.25, 0.3) is 0 Å². The van der Waals surface area contributed by atoms with E-state index in [1.807, 2.05) is 0 Å². The van der Waals surface area contributed by atoms with E-state index in [0.29, 0.717) is 15.7 Å². The predicted octanol–water partition coefficient (Wildman–Crippen LogP) is 4.62. The molecule has 1 atom stereocenters. The molecule has 0 fully saturated rings. The Labute approximate surface area is 153 Å². The number of carbonyl (C=O) groups is 2. The Hall–Kier alpha value is -1.82. The van der Waals surface area contributed by atoms with Gasteiger partial charge in [-0.1, -0.05) is 41.7 Å². The lowest BCUT2D eigenvalue weighted by Crippen LogP contribution is -2.32. The number of halogens is 3. The van der Waals surface area contributed by atoms with Gasteiger partial charge in [-0.05, 0) is 36.8 Å². The summed E-state index contributed by atoms with van der Waals surface area (Å²) in [6.07, 6.45) is 0.710. The van der Waals surface area contributed by atoms with Gasteiger partial charge in [0.1, 0.15) is 5.15 Å². The molecule has 5 nitrogen and oxygen atoms in total. The summed E-state index contributed by atoms with van der Waals surface area (Å²) in [6.45, 7) is 1.71. The summed E-state index contributed by atoms with van der Waals surface area (Å²) in [7, 11) is 0. The molecule has 2 rings (SSSR count). The molecule has 1 unspecified atom stereocenters. The lowest BCUT2D eigenvalue weighted by Gasteiger charge is -2.17. The van der Waals surface area contributed by atoms with Crippen LogP contribution in [0.4, 0.5) is 5.69 Å². The summed E-state index contributed by atoms with van der Waals surface area (Å²) >= 11 is 17.7. The average molecular weight is 388 g/mol. The molecule has 1 N–H and O–H groups in total. The summed E-state index contributed by atoms with van der Waals surface area (Å²) in [5.41, 5.74) is 0.425. The van der Waals surface area contributed by atoms with Gasteiger partial charge in [0.15, 0.2) is 6.10 Å². The number of nitrogens with one attached hydrogen (secondary N) is 1. The minimum absolute atomic E-state index is 0.00986. The number of nitrogens with zero attached hydrogens (tertiary/aromatic N) is 1. The predicted molar refractivity (Wildman–Crippen MR) is 93.8 cm³/mol. The number of pyridine rings is 1. The zero-order chi connectivity index (χ0) is 17.7. The Bertz CT molecular complexity index is 768. The van der Waals surface area contributed by atoms with Crippen molar-refractivity contribution in [3.63, 3.8) is 0 Å². The van der Waals surface area contributed by atoms with Crippen molar-refractivity contribution in [2.45, 2.75) is 19.4 Å². The normalized spacial score (nSPS) is 11.7. The lowest BCUT2D eigenvalue weighted by molar-refractivity contribution is -0.124. The smallest absolute Gasteiger partial charge is 0.342 e. The number of benzene rings is 1. The Morgan fingerprint density at radius 2 is 2.00 bits per heavy atom. The van der Waals surface area contributed by atoms with Gasteiger partial charge < -0.3 is 10.1 Å². The van der Waals surface area contributed by atoms with Crippen molar-refractivity contribution in [1.82, 2.24) is 4.98 Å². The minimum atomic E-state index is -1.01. The third kappa shape index (κ3) is 4.60. The van der Waals surface area contributed by atoms with E-state index in [4.69, 9.17) is 39.5 Å². The van der Waals surface area contributed by atoms with Crippen LogP contribution < -0.4 is 5.32 Å². The van der Waals surface area contributed by atoms with Crippen LogP contribution in [0.2, 0.25) is 15.2 Å². The van der Waals surface area contributed by atoms with E-state index in [9.17, 15) is 9.59 Å². The van der Waals surface area contributed by atoms with Gasteiger partial charge in [-0.15, -0.1) is 0 Å². The lowest BCUT2D eigenvalue weighted by atomic mass is 10.2. The molecule has 0 radical (unpaired) electrons. The summed E-state index contributed by atoms with van der Waals surface area (Å²) in [5, 5.41) is 3.34. The van der Waals surface area contributed by atoms with Crippen LogP contribution in [0.15, 0.2) is 36.5 Å². The van der Waals surface area contributed by atoms with Gasteiger partial charge >= 0.3 is 5.97 Å². The molecular formula is C16H13Cl3N2O3. The number of rotatable bonds is 5. The van der Waals surface area contributed by atoms with E-state index in [1.165, 1.54) is 18.3 Å². The van der Waals surface area contributed by atoms with E-state index in [1.54, 1.807) is 25.1 Å². The number of aromatic nitrogens is 1. The maximum absolute atomic E-state index is 12.3. The van der Waals surface area contributed by atoms with Crippen LogP contribution in [0.1, 0.15) is 23.7 Å². The van der Waals surface area contributed by atoms with Gasteiger partial charge in [0.25, 0.3) is 5.91 Å². The van der Waals surface area contributed by atoms with Gasteiger partial charge in [0.05, 0.1) is 16.3 Å². The van der Waals surface area contributed by atoms with Crippen LogP contribution in [0, 0.1) is 0 Å². The molecule has 2 aromatic rings. The van der Waals surface area contributed by atoms with Crippen molar-refractivity contribution in [2.75, 3.05) is 5.32 Å². The SMILES string of the molecule is CCC(OC(=O)c1cccnc1Cl)C(=O)Nc1cc(Cl)ccc1Cl. The van der Waals surface area contributed by atoms with Crippen LogP contribution in [0.3, 0.4) is 0 Å². The van der Waals surface area contributed by atoms with Crippen molar-refractivity contribution in [2.24, 2.45) is 0 Å². The zero-order valence-electron chi connectivity index (χ0n) is 12.6. The standard InChI is InChI=1S/C16H13Cl3N2O3/c1-2-13(24-16(23)10-4-3-7-20-14(10)19)15(22)21-12-8-9(17)5-6-11(12)18/h3-8,13H,2H2,1H3,(H,21,22). The van der Waals surface area contributed by atoms with E-state index in [2.05, 4.69) is 10.3 Å². The van der Waals surface area contributed by atoms with Crippen molar-refractivity contribution >= 4 is 52.4 Å². The topological polar surface area (TPSA) is 68.3 Å². The molecule has 126 valence electrons. The third-order valence-corrected chi connectivity index (χ3v) is 3.94. The molecule has 8 heteroatoms. The van der Waals surface area contributed by atoms with Crippen molar-refractivity contribution in [3.8, 4) is 0 Å². The van der Waals surface area contributed by atoms with Crippen molar-refractivity contribution in [1.29, 1.82) is 0 Å². The molecule has 24 heavy (non-hydrogen) atoms. The fourth-order valence-corrected chi connectivity index (χ4v) is 2.39. The monoisotopic (exact) mass is 386 g/mol. The molecule has 1 amide bonds. The van der Waals surface area contributed by atoms with Crippen LogP contribution in [-0.2, 0) is 9.53 Å². The number of anilines is 1. The van der Waals surface area contributed by atoms with Crippen LogP contribution in [0.5, 0.6) is 0 Å². The van der Waals surface area contributed by atoms with Crippen molar-refractivity contribution < 1.29 is 14.3 Å². The second kappa shape index (κ2) is 8.33. The Morgan fingerprint density at radius 3 is 2.67 bits per heavy atom. The molecular weight excluding hydrogens is 375 g/mol. The maximum Gasteiger partial charge on any atom is 0.342 e. The van der Waals surface area contributed by atoms with Crippen LogP contribution in [-0.4, -0.2) is 23.0 Å². The van der Waals surface area contributed by atoms with E-state index >= 15 is 0 Å². The average Bonchev–Trinajstić information content (AvgIpc) is 2.56. The van der Waals surface area contributed by atoms with Gasteiger partial charge in [-0.25, -0.2) is 9.78 Å². The highest BCUT2D eigenvalue weighted by Crippen LogP contribution is 2.26. The molecule has 0 bridgehead atoms. The van der Waals surface area contributed by atoms with Crippen molar-refractivity contribution in [3.05, 3.63) is 57.3 Å². The van der Waals surface area contributed by atoms with Gasteiger partial charge in [0.2, 0.25) is 0 Å². The second-order valence-corrected chi connectivity index (χ2v) is 5.96. The van der Waals surface area contributed by atoms with Gasteiger partial charge in [0, 0.05) is 11.2 Å². The first kappa shape index (κ1) is 18.5. The molecule has 0 aliphatic rings. The first-order chi connectivity index (χ1) is 11.4. The fraction of sp³-hybridized carbons (Fsp3) is 0.188. The van der Waals surface area contributed by atoms with Gasteiger partial charge in [-0.3, -0.25) is 4.79 Å². The number of hydrogen-bond donors (Lipinski definition) is 1. The number of esters is 1. The summed E-state index contributed by atoms with van der Waals surface area (Å²) in [4.78, 5) is 28.3. The second-order valence-electron chi connectivity index (χ2n) is 4.76. The molecule has 1 heterocycles. The highest BCUT2D eigenvalue weighted by atomic mass is 35.5. The molecule has 0 aliphatic heterocycles. The zero-order valence-corrected chi connectivity index (χ0v) is 14.8. The van der Waals surface area contributed by atoms with Gasteiger partial charge in [-0.2, -0.15) is 0 Å². The molecule has 0 spiro atoms. The van der Waals surface area contributed by atoms with Crippen LogP contribution >= 0.6 is 34.8 Å². The quantitative estimate of drug-likeness (QED) is 0.600. The van der Waals surface area contributed by atoms with E-state index in [-0.39, 0.29) is 17.1 Å². The number of carbonyl (C=O) groups excluding carboxylic acids is 2. The molecule has 1 aromatic carbocycles. The highest BCUT2D eigenvalue weighted by molar-refractivity contribution is 6.35. The Kier molecular flexibility index (Phi) is 6.43. The summed E-state index contributed by atoms with van der Waals surface area (Å²) in [6, 6.07) is 7.68. The molecule has 0 aliphatic carbocycles. The minimum Gasteiger partial charge on any atom is -0.449 e. The first-order valence-electron chi connectivity index (χ1n) is 6.99. The Morgan fingerprint density at radius 1 is 1.25 bits per heavy atom. The summed E-state index contributed by atoms with van der Waals surface area (Å²) in [5.74, 6) is -1.25. The number of hydrogen-bond acceptors (Lipinski definition) is 4. The largest absolute Gasteiger partial charge is 0.449 e. The third-order valence-electron chi connectivity index (χ3n) is 3.08. The maximum atomic E-state index is 12.3. The number of amides is 1. The Balaban J connectivity index is 2.10.